The molecule has 3 aromatic rings. The number of carbonyl (C=O) groups excluding carboxylic acids is 1. The normalized spacial score (nSPS) is 11.3. The Kier molecular flexibility index (Phi) is 9.27. The van der Waals surface area contributed by atoms with Gasteiger partial charge in [0.1, 0.15) is 28.9 Å². The van der Waals surface area contributed by atoms with Crippen LogP contribution in [0.1, 0.15) is 47.2 Å². The first-order chi connectivity index (χ1) is 17.3. The first kappa shape index (κ1) is 26.1. The zero-order valence-corrected chi connectivity index (χ0v) is 19.8. The van der Waals surface area contributed by atoms with Gasteiger partial charge in [-0.2, -0.15) is 0 Å². The molecule has 0 aliphatic heterocycles. The van der Waals surface area contributed by atoms with Crippen molar-refractivity contribution in [1.29, 1.82) is 10.8 Å². The molecule has 0 aliphatic rings. The van der Waals surface area contributed by atoms with Gasteiger partial charge < -0.3 is 30.8 Å². The van der Waals surface area contributed by atoms with Crippen LogP contribution in [0.5, 0.6) is 17.2 Å². The molecule has 188 valence electrons. The first-order valence-corrected chi connectivity index (χ1v) is 11.5. The molecule has 9 heteroatoms. The number of hydrogen-bond donors (Lipinski definition) is 5. The van der Waals surface area contributed by atoms with Gasteiger partial charge in [0.15, 0.2) is 0 Å². The summed E-state index contributed by atoms with van der Waals surface area (Å²) in [5.74, 6) is 0.659. The van der Waals surface area contributed by atoms with Crippen molar-refractivity contribution >= 4 is 17.6 Å². The molecule has 0 bridgehead atoms. The third-order valence-corrected chi connectivity index (χ3v) is 5.29. The predicted molar refractivity (Wildman–Crippen MR) is 137 cm³/mol. The van der Waals surface area contributed by atoms with Crippen LogP contribution in [-0.4, -0.2) is 35.6 Å². The molecule has 3 rings (SSSR count). The minimum absolute atomic E-state index is 0.0132. The standard InChI is InChI=1S/C27H30N4O5/c28-25(29)18-7-13-22(14-8-18)34-17-3-1-2-4-24(35-23-15-9-19(10-16-23)26(30)31)36-27(33)20-5-11-21(32)12-6-20/h5-16,24,32H,1-4,17H2,(H3,28,29)(H3,30,31). The van der Waals surface area contributed by atoms with Crippen molar-refractivity contribution in [3.8, 4) is 17.2 Å². The highest BCUT2D eigenvalue weighted by Gasteiger charge is 2.18. The highest BCUT2D eigenvalue weighted by atomic mass is 16.7. The number of phenols is 1. The number of ether oxygens (including phenoxy) is 3. The third-order valence-electron chi connectivity index (χ3n) is 5.29. The molecule has 36 heavy (non-hydrogen) atoms. The Morgan fingerprint density at radius 3 is 1.83 bits per heavy atom. The number of hydrogen-bond acceptors (Lipinski definition) is 7. The number of unbranched alkanes of at least 4 members (excludes halogenated alkanes) is 2. The number of aromatic hydroxyl groups is 1. The van der Waals surface area contributed by atoms with Crippen LogP contribution in [0.25, 0.3) is 0 Å². The minimum Gasteiger partial charge on any atom is -0.508 e. The molecule has 3 aromatic carbocycles. The lowest BCUT2D eigenvalue weighted by atomic mass is 10.2. The molecule has 0 radical (unpaired) electrons. The third kappa shape index (κ3) is 8.05. The molecule has 1 atom stereocenters. The van der Waals surface area contributed by atoms with Crippen LogP contribution in [-0.2, 0) is 4.74 Å². The molecule has 0 heterocycles. The quantitative estimate of drug-likeness (QED) is 0.0789. The van der Waals surface area contributed by atoms with E-state index in [4.69, 9.17) is 36.5 Å². The lowest BCUT2D eigenvalue weighted by Crippen LogP contribution is -2.24. The number of phenolic OH excluding ortho intramolecular Hbond substituents is 1. The van der Waals surface area contributed by atoms with E-state index in [-0.39, 0.29) is 17.4 Å². The van der Waals surface area contributed by atoms with Crippen molar-refractivity contribution in [3.63, 3.8) is 0 Å². The van der Waals surface area contributed by atoms with Crippen molar-refractivity contribution < 1.29 is 24.1 Å². The Bertz CT molecular complexity index is 1160. The van der Waals surface area contributed by atoms with Gasteiger partial charge in [0.05, 0.1) is 12.2 Å². The van der Waals surface area contributed by atoms with Crippen molar-refractivity contribution in [2.45, 2.75) is 32.0 Å². The smallest absolute Gasteiger partial charge is 0.341 e. The Morgan fingerprint density at radius 1 is 0.750 bits per heavy atom. The summed E-state index contributed by atoms with van der Waals surface area (Å²) in [5.41, 5.74) is 12.5. The van der Waals surface area contributed by atoms with Gasteiger partial charge in [0.2, 0.25) is 6.29 Å². The predicted octanol–water partition coefficient (Wildman–Crippen LogP) is 4.16. The van der Waals surface area contributed by atoms with Crippen molar-refractivity contribution in [1.82, 2.24) is 0 Å². The highest BCUT2D eigenvalue weighted by molar-refractivity contribution is 5.95. The summed E-state index contributed by atoms with van der Waals surface area (Å²) in [5, 5.41) is 24.4. The van der Waals surface area contributed by atoms with Gasteiger partial charge in [0.25, 0.3) is 0 Å². The Hall–Kier alpha value is -4.53. The van der Waals surface area contributed by atoms with E-state index in [1.807, 2.05) is 0 Å². The monoisotopic (exact) mass is 490 g/mol. The van der Waals surface area contributed by atoms with Crippen LogP contribution in [0.15, 0.2) is 72.8 Å². The number of esters is 1. The molecule has 7 N–H and O–H groups in total. The average molecular weight is 491 g/mol. The molecule has 0 fully saturated rings. The summed E-state index contributed by atoms with van der Waals surface area (Å²) in [6.45, 7) is 0.519. The minimum atomic E-state index is -0.825. The maximum atomic E-state index is 12.6. The van der Waals surface area contributed by atoms with Crippen molar-refractivity contribution in [2.75, 3.05) is 6.61 Å². The first-order valence-electron chi connectivity index (χ1n) is 11.5. The van der Waals surface area contributed by atoms with Crippen LogP contribution < -0.4 is 20.9 Å². The van der Waals surface area contributed by atoms with Gasteiger partial charge in [-0.3, -0.25) is 10.8 Å². The molecule has 0 aromatic heterocycles. The molecule has 0 amide bonds. The summed E-state index contributed by atoms with van der Waals surface area (Å²) < 4.78 is 17.2. The van der Waals surface area contributed by atoms with E-state index in [0.717, 1.165) is 19.3 Å². The molecule has 0 saturated carbocycles. The van der Waals surface area contributed by atoms with E-state index in [9.17, 15) is 9.90 Å². The second kappa shape index (κ2) is 12.8. The van der Waals surface area contributed by atoms with E-state index in [1.165, 1.54) is 24.3 Å². The van der Waals surface area contributed by atoms with Crippen molar-refractivity contribution in [2.24, 2.45) is 11.5 Å². The van der Waals surface area contributed by atoms with E-state index in [0.29, 0.717) is 41.2 Å². The van der Waals surface area contributed by atoms with Crippen molar-refractivity contribution in [3.05, 3.63) is 89.5 Å². The molecule has 0 spiro atoms. The maximum absolute atomic E-state index is 12.6. The Labute approximate surface area is 209 Å². The fourth-order valence-corrected chi connectivity index (χ4v) is 3.30. The second-order valence-corrected chi connectivity index (χ2v) is 8.07. The fraction of sp³-hybridized carbons (Fsp3) is 0.222. The summed E-state index contributed by atoms with van der Waals surface area (Å²) in [4.78, 5) is 12.6. The number of nitrogens with one attached hydrogen (secondary N) is 2. The maximum Gasteiger partial charge on any atom is 0.341 e. The second-order valence-electron chi connectivity index (χ2n) is 8.07. The van der Waals surface area contributed by atoms with Gasteiger partial charge in [-0.15, -0.1) is 0 Å². The average Bonchev–Trinajstić information content (AvgIpc) is 2.87. The molecular formula is C27H30N4O5. The number of nitrogen functional groups attached to an aromatic ring is 2. The van der Waals surface area contributed by atoms with E-state index in [2.05, 4.69) is 0 Å². The van der Waals surface area contributed by atoms with Crippen LogP contribution in [0.3, 0.4) is 0 Å². The van der Waals surface area contributed by atoms with Gasteiger partial charge >= 0.3 is 5.97 Å². The summed E-state index contributed by atoms with van der Waals surface area (Å²) in [7, 11) is 0. The van der Waals surface area contributed by atoms with E-state index >= 15 is 0 Å². The largest absolute Gasteiger partial charge is 0.508 e. The molecule has 0 aliphatic carbocycles. The summed E-state index contributed by atoms with van der Waals surface area (Å²) >= 11 is 0. The lowest BCUT2D eigenvalue weighted by Gasteiger charge is -2.20. The van der Waals surface area contributed by atoms with Gasteiger partial charge in [-0.25, -0.2) is 4.79 Å². The molecule has 0 saturated heterocycles. The van der Waals surface area contributed by atoms with Gasteiger partial charge in [0, 0.05) is 17.5 Å². The fourth-order valence-electron chi connectivity index (χ4n) is 3.30. The van der Waals surface area contributed by atoms with Crippen LogP contribution in [0, 0.1) is 10.8 Å². The van der Waals surface area contributed by atoms with Crippen LogP contribution in [0.4, 0.5) is 0 Å². The van der Waals surface area contributed by atoms with E-state index < -0.39 is 12.3 Å². The number of amidine groups is 2. The summed E-state index contributed by atoms with van der Waals surface area (Å²) in [6.07, 6.45) is 1.98. The van der Waals surface area contributed by atoms with Gasteiger partial charge in [-0.05, 0) is 92.1 Å². The van der Waals surface area contributed by atoms with E-state index in [1.54, 1.807) is 48.5 Å². The van der Waals surface area contributed by atoms with Crippen LogP contribution >= 0.6 is 0 Å². The molecular weight excluding hydrogens is 460 g/mol. The lowest BCUT2D eigenvalue weighted by molar-refractivity contribution is -0.0534. The highest BCUT2D eigenvalue weighted by Crippen LogP contribution is 2.20. The Morgan fingerprint density at radius 2 is 1.28 bits per heavy atom. The zero-order chi connectivity index (χ0) is 25.9. The van der Waals surface area contributed by atoms with Crippen LogP contribution in [0.2, 0.25) is 0 Å². The topological polar surface area (TPSA) is 165 Å². The Balaban J connectivity index is 1.51. The number of nitrogens with two attached hydrogens (primary N) is 2. The zero-order valence-electron chi connectivity index (χ0n) is 19.8. The summed E-state index contributed by atoms with van der Waals surface area (Å²) in [6, 6.07) is 19.5. The molecule has 9 nitrogen and oxygen atoms in total. The van der Waals surface area contributed by atoms with Gasteiger partial charge in [-0.1, -0.05) is 0 Å². The number of carbonyl (C=O) groups is 1. The molecule has 1 unspecified atom stereocenters. The SMILES string of the molecule is N=C(N)c1ccc(OCCCCCC(OC(=O)c2ccc(O)cc2)Oc2ccc(C(=N)N)cc2)cc1. The number of rotatable bonds is 13. The number of benzene rings is 3.